The maximum atomic E-state index is 13.1. The molecule has 10 heteroatoms. The summed E-state index contributed by atoms with van der Waals surface area (Å²) in [5, 5.41) is 22.5. The van der Waals surface area contributed by atoms with Crippen molar-refractivity contribution >= 4 is 23.9 Å². The maximum absolute atomic E-state index is 13.1. The van der Waals surface area contributed by atoms with Crippen molar-refractivity contribution in [1.82, 2.24) is 0 Å². The van der Waals surface area contributed by atoms with E-state index in [4.69, 9.17) is 18.9 Å². The quantitative estimate of drug-likeness (QED) is 0.0475. The van der Waals surface area contributed by atoms with Crippen LogP contribution in [-0.2, 0) is 38.1 Å². The molecule has 0 aromatic carbocycles. The molecule has 1 aliphatic carbocycles. The average Bonchev–Trinajstić information content (AvgIpc) is 3.06. The normalized spacial score (nSPS) is 22.2. The van der Waals surface area contributed by atoms with Crippen LogP contribution in [0.3, 0.4) is 0 Å². The van der Waals surface area contributed by atoms with Crippen LogP contribution in [0.5, 0.6) is 0 Å². The molecule has 0 spiro atoms. The number of hydrogen-bond acceptors (Lipinski definition) is 10. The first-order valence-corrected chi connectivity index (χ1v) is 19.3. The molecule has 0 bridgehead atoms. The minimum atomic E-state index is -1.75. The van der Waals surface area contributed by atoms with Gasteiger partial charge in [-0.05, 0) is 25.7 Å². The van der Waals surface area contributed by atoms with Crippen molar-refractivity contribution < 1.29 is 48.3 Å². The summed E-state index contributed by atoms with van der Waals surface area (Å²) < 4.78 is 23.1. The first kappa shape index (κ1) is 43.8. The largest absolute Gasteiger partial charge is 0.455 e. The summed E-state index contributed by atoms with van der Waals surface area (Å²) in [5.74, 6) is -2.46. The highest BCUT2D eigenvalue weighted by Crippen LogP contribution is 2.32. The van der Waals surface area contributed by atoms with Crippen molar-refractivity contribution in [3.05, 3.63) is 0 Å². The molecular weight excluding hydrogens is 616 g/mol. The Bertz CT molecular complexity index is 808. The Balaban J connectivity index is 3.24. The number of aliphatic hydroxyl groups excluding tert-OH is 2. The van der Waals surface area contributed by atoms with E-state index in [9.17, 15) is 29.4 Å². The van der Waals surface area contributed by atoms with Crippen molar-refractivity contribution in [3.8, 4) is 0 Å². The van der Waals surface area contributed by atoms with Gasteiger partial charge in [-0.25, -0.2) is 0 Å². The van der Waals surface area contributed by atoms with Crippen LogP contribution in [-0.4, -0.2) is 70.7 Å². The zero-order valence-corrected chi connectivity index (χ0v) is 30.6. The summed E-state index contributed by atoms with van der Waals surface area (Å²) in [4.78, 5) is 52.2. The molecule has 10 nitrogen and oxygen atoms in total. The second-order valence-electron chi connectivity index (χ2n) is 13.5. The Labute approximate surface area is 290 Å². The molecule has 2 N–H and O–H groups in total. The summed E-state index contributed by atoms with van der Waals surface area (Å²) in [5.41, 5.74) is 0. The van der Waals surface area contributed by atoms with Gasteiger partial charge in [0.15, 0.2) is 24.4 Å². The minimum Gasteiger partial charge on any atom is -0.455 e. The fourth-order valence-electron chi connectivity index (χ4n) is 6.03. The molecule has 280 valence electrons. The van der Waals surface area contributed by atoms with E-state index in [2.05, 4.69) is 27.7 Å². The molecule has 0 unspecified atom stereocenters. The molecule has 0 amide bonds. The molecular formula is C38H68O10. The number of carbonyl (C=O) groups is 4. The molecule has 6 atom stereocenters. The highest BCUT2D eigenvalue weighted by atomic mass is 16.6. The Kier molecular flexibility index (Phi) is 25.2. The van der Waals surface area contributed by atoms with Gasteiger partial charge in [-0.2, -0.15) is 0 Å². The van der Waals surface area contributed by atoms with E-state index in [-0.39, 0.29) is 25.7 Å². The lowest BCUT2D eigenvalue weighted by Gasteiger charge is -2.45. The van der Waals surface area contributed by atoms with E-state index in [1.54, 1.807) is 0 Å². The van der Waals surface area contributed by atoms with Gasteiger partial charge in [0.2, 0.25) is 0 Å². The van der Waals surface area contributed by atoms with Crippen molar-refractivity contribution in [1.29, 1.82) is 0 Å². The predicted octanol–water partition coefficient (Wildman–Crippen LogP) is 7.81. The highest BCUT2D eigenvalue weighted by molar-refractivity contribution is 5.72. The summed E-state index contributed by atoms with van der Waals surface area (Å²) in [7, 11) is 0. The van der Waals surface area contributed by atoms with Gasteiger partial charge in [0.1, 0.15) is 12.2 Å². The van der Waals surface area contributed by atoms with Gasteiger partial charge in [-0.3, -0.25) is 19.2 Å². The Morgan fingerprint density at radius 1 is 0.354 bits per heavy atom. The van der Waals surface area contributed by atoms with E-state index in [0.717, 1.165) is 103 Å². The van der Waals surface area contributed by atoms with E-state index in [0.29, 0.717) is 25.7 Å². The van der Waals surface area contributed by atoms with Crippen LogP contribution in [0.25, 0.3) is 0 Å². The molecule has 0 aliphatic heterocycles. The Morgan fingerprint density at radius 2 is 0.562 bits per heavy atom. The molecule has 0 saturated heterocycles. The van der Waals surface area contributed by atoms with Gasteiger partial charge in [0.05, 0.1) is 0 Å². The van der Waals surface area contributed by atoms with Gasteiger partial charge >= 0.3 is 23.9 Å². The summed E-state index contributed by atoms with van der Waals surface area (Å²) in [6, 6.07) is 0. The van der Waals surface area contributed by atoms with Crippen LogP contribution >= 0.6 is 0 Å². The zero-order valence-electron chi connectivity index (χ0n) is 30.6. The van der Waals surface area contributed by atoms with E-state index >= 15 is 0 Å². The lowest BCUT2D eigenvalue weighted by Crippen LogP contribution is -2.67. The average molecular weight is 685 g/mol. The number of aliphatic hydroxyl groups is 2. The highest BCUT2D eigenvalue weighted by Gasteiger charge is 2.57. The van der Waals surface area contributed by atoms with Crippen molar-refractivity contribution in [2.75, 3.05) is 0 Å². The van der Waals surface area contributed by atoms with Gasteiger partial charge in [0, 0.05) is 25.7 Å². The van der Waals surface area contributed by atoms with Gasteiger partial charge in [0.25, 0.3) is 0 Å². The Hall–Kier alpha value is -2.20. The van der Waals surface area contributed by atoms with Gasteiger partial charge in [-0.1, -0.05) is 130 Å². The number of ether oxygens (including phenoxy) is 4. The molecule has 0 heterocycles. The Morgan fingerprint density at radius 3 is 0.792 bits per heavy atom. The van der Waals surface area contributed by atoms with Crippen LogP contribution in [0.4, 0.5) is 0 Å². The first-order valence-electron chi connectivity index (χ1n) is 19.3. The first-order chi connectivity index (χ1) is 23.2. The lowest BCUT2D eigenvalue weighted by molar-refractivity contribution is -0.253. The van der Waals surface area contributed by atoms with Gasteiger partial charge in [-0.15, -0.1) is 0 Å². The fourth-order valence-corrected chi connectivity index (χ4v) is 6.03. The smallest absolute Gasteiger partial charge is 0.306 e. The van der Waals surface area contributed by atoms with Crippen molar-refractivity contribution in [3.63, 3.8) is 0 Å². The van der Waals surface area contributed by atoms with Crippen LogP contribution in [0.2, 0.25) is 0 Å². The zero-order chi connectivity index (χ0) is 35.6. The van der Waals surface area contributed by atoms with Crippen LogP contribution in [0.15, 0.2) is 0 Å². The number of carbonyl (C=O) groups excluding carboxylic acids is 4. The number of unbranched alkanes of at least 4 members (excludes halogenated alkanes) is 16. The van der Waals surface area contributed by atoms with Crippen LogP contribution in [0, 0.1) is 0 Å². The SMILES string of the molecule is CCCCCCCC(=O)O[C@@H]1[C@@H](OC(=O)CCCCCCC)[C@H](OC(=O)CCCCCCC)[C@@H](O)[C@@H](O)[C@H]1OC(=O)CCCCCCC. The molecule has 1 rings (SSSR count). The molecule has 1 saturated carbocycles. The standard InChI is InChI=1S/C38H68O10/c1-5-9-13-17-21-25-29(39)45-35-33(43)34(44)36(46-30(40)26-22-18-14-10-6-2)38(48-32(42)28-24-20-16-12-8-4)37(35)47-31(41)27-23-19-15-11-7-3/h33-38,43-44H,5-28H2,1-4H3/t33-,34+,35-,36-,37+,38+/m1/s1. The number of rotatable bonds is 28. The third-order valence-electron chi connectivity index (χ3n) is 9.00. The van der Waals surface area contributed by atoms with E-state index in [1.165, 1.54) is 0 Å². The molecule has 0 aromatic rings. The molecule has 0 aromatic heterocycles. The number of hydrogen-bond donors (Lipinski definition) is 2. The molecule has 1 aliphatic rings. The minimum absolute atomic E-state index is 0.0806. The van der Waals surface area contributed by atoms with E-state index in [1.807, 2.05) is 0 Å². The third kappa shape index (κ3) is 18.5. The van der Waals surface area contributed by atoms with Gasteiger partial charge < -0.3 is 29.2 Å². The summed E-state index contributed by atoms with van der Waals surface area (Å²) in [6.45, 7) is 8.41. The van der Waals surface area contributed by atoms with E-state index < -0.39 is 60.5 Å². The molecule has 0 radical (unpaired) electrons. The second kappa shape index (κ2) is 27.6. The van der Waals surface area contributed by atoms with Crippen molar-refractivity contribution in [2.45, 2.75) is 218 Å². The van der Waals surface area contributed by atoms with Crippen LogP contribution < -0.4 is 0 Å². The molecule has 1 fully saturated rings. The second-order valence-corrected chi connectivity index (χ2v) is 13.5. The predicted molar refractivity (Wildman–Crippen MR) is 185 cm³/mol. The lowest BCUT2D eigenvalue weighted by atomic mass is 9.84. The summed E-state index contributed by atoms with van der Waals surface area (Å²) in [6.07, 6.45) is 8.92. The molecule has 48 heavy (non-hydrogen) atoms. The fraction of sp³-hybridized carbons (Fsp3) is 0.895. The maximum Gasteiger partial charge on any atom is 0.306 e. The van der Waals surface area contributed by atoms with Crippen LogP contribution in [0.1, 0.15) is 182 Å². The number of esters is 4. The monoisotopic (exact) mass is 684 g/mol. The topological polar surface area (TPSA) is 146 Å². The van der Waals surface area contributed by atoms with Crippen molar-refractivity contribution in [2.24, 2.45) is 0 Å². The summed E-state index contributed by atoms with van der Waals surface area (Å²) >= 11 is 0. The third-order valence-corrected chi connectivity index (χ3v) is 9.00.